The molecule has 1 N–H and O–H groups in total. The number of hydrogen-bond acceptors (Lipinski definition) is 4. The molecule has 0 bridgehead atoms. The maximum absolute atomic E-state index is 11.8. The van der Waals surface area contributed by atoms with Crippen molar-refractivity contribution < 1.29 is 14.0 Å². The van der Waals surface area contributed by atoms with Gasteiger partial charge in [-0.1, -0.05) is 18.2 Å². The van der Waals surface area contributed by atoms with Crippen molar-refractivity contribution in [1.82, 2.24) is 0 Å². The fourth-order valence-corrected chi connectivity index (χ4v) is 1.97. The number of rotatable bonds is 0. The van der Waals surface area contributed by atoms with Gasteiger partial charge in [0.1, 0.15) is 11.3 Å². The Morgan fingerprint density at radius 1 is 1.12 bits per heavy atom. The van der Waals surface area contributed by atoms with E-state index in [0.29, 0.717) is 11.0 Å². The molecule has 0 saturated heterocycles. The largest absolute Gasteiger partial charge is 0.421 e. The third-order valence-electron chi connectivity index (χ3n) is 2.68. The quantitative estimate of drug-likeness (QED) is 0.546. The number of anilines is 1. The van der Waals surface area contributed by atoms with Gasteiger partial charge < -0.3 is 9.73 Å². The summed E-state index contributed by atoms with van der Waals surface area (Å²) in [5.41, 5.74) is -0.151. The molecule has 0 radical (unpaired) electrons. The molecular weight excluding hydrogens is 222 g/mol. The Labute approximate surface area is 95.0 Å². The Morgan fingerprint density at radius 2 is 1.88 bits per heavy atom. The molecule has 1 aromatic carbocycles. The molecule has 1 aliphatic heterocycles. The Morgan fingerprint density at radius 3 is 2.71 bits per heavy atom. The minimum atomic E-state index is -0.694. The summed E-state index contributed by atoms with van der Waals surface area (Å²) in [6.45, 7) is 0. The predicted molar refractivity (Wildman–Crippen MR) is 60.1 cm³/mol. The van der Waals surface area contributed by atoms with E-state index in [9.17, 15) is 14.4 Å². The van der Waals surface area contributed by atoms with Gasteiger partial charge in [0.2, 0.25) is 5.91 Å². The fourth-order valence-electron chi connectivity index (χ4n) is 1.97. The number of hydrogen-bond donors (Lipinski definition) is 1. The molecule has 2 heterocycles. The van der Waals surface area contributed by atoms with Crippen LogP contribution >= 0.6 is 0 Å². The molecule has 0 fully saturated rings. The van der Waals surface area contributed by atoms with Crippen molar-refractivity contribution in [3.63, 3.8) is 0 Å². The normalized spacial score (nSPS) is 14.6. The summed E-state index contributed by atoms with van der Waals surface area (Å²) in [5.74, 6) is -0.835. The van der Waals surface area contributed by atoms with Crippen LogP contribution < -0.4 is 10.9 Å². The van der Waals surface area contributed by atoms with E-state index in [1.54, 1.807) is 24.3 Å². The second kappa shape index (κ2) is 3.28. The fraction of sp³-hybridized carbons (Fsp3) is 0.0833. The summed E-state index contributed by atoms with van der Waals surface area (Å²) in [6, 6.07) is 6.75. The maximum atomic E-state index is 11.8. The van der Waals surface area contributed by atoms with Crippen LogP contribution in [0, 0.1) is 0 Å². The van der Waals surface area contributed by atoms with Crippen molar-refractivity contribution in [3.8, 4) is 0 Å². The lowest BCUT2D eigenvalue weighted by atomic mass is 9.99. The molecule has 1 aliphatic rings. The molecule has 1 amide bonds. The monoisotopic (exact) mass is 229 g/mol. The van der Waals surface area contributed by atoms with Crippen LogP contribution in [0.25, 0.3) is 11.0 Å². The zero-order chi connectivity index (χ0) is 12.0. The van der Waals surface area contributed by atoms with E-state index >= 15 is 0 Å². The molecule has 1 aromatic heterocycles. The number of fused-ring (bicyclic) bond motifs is 3. The molecule has 0 aliphatic carbocycles. The van der Waals surface area contributed by atoms with Crippen LogP contribution in [0.4, 0.5) is 5.69 Å². The van der Waals surface area contributed by atoms with Gasteiger partial charge in [0.15, 0.2) is 5.78 Å². The van der Waals surface area contributed by atoms with Crippen molar-refractivity contribution in [2.24, 2.45) is 0 Å². The van der Waals surface area contributed by atoms with E-state index in [1.807, 2.05) is 0 Å². The van der Waals surface area contributed by atoms with Crippen molar-refractivity contribution in [3.05, 3.63) is 40.2 Å². The number of carbonyl (C=O) groups excluding carboxylic acids is 2. The molecule has 17 heavy (non-hydrogen) atoms. The summed E-state index contributed by atoms with van der Waals surface area (Å²) in [5, 5.41) is 2.93. The lowest BCUT2D eigenvalue weighted by Crippen LogP contribution is -2.28. The molecule has 0 saturated carbocycles. The zero-order valence-electron chi connectivity index (χ0n) is 8.65. The lowest BCUT2D eigenvalue weighted by molar-refractivity contribution is -0.115. The lowest BCUT2D eigenvalue weighted by Gasteiger charge is -2.15. The van der Waals surface area contributed by atoms with E-state index < -0.39 is 11.5 Å². The molecule has 2 aromatic rings. The smallest absolute Gasteiger partial charge is 0.361 e. The van der Waals surface area contributed by atoms with Gasteiger partial charge >= 0.3 is 5.63 Å². The van der Waals surface area contributed by atoms with Crippen LogP contribution in [-0.4, -0.2) is 11.7 Å². The average molecular weight is 229 g/mol. The number of para-hydroxylation sites is 1. The van der Waals surface area contributed by atoms with Gasteiger partial charge in [-0.15, -0.1) is 0 Å². The average Bonchev–Trinajstić information content (AvgIpc) is 2.29. The Bertz CT molecular complexity index is 714. The second-order valence-electron chi connectivity index (χ2n) is 3.78. The minimum absolute atomic E-state index is 0.0510. The first-order chi connectivity index (χ1) is 8.16. The van der Waals surface area contributed by atoms with E-state index in [1.165, 1.54) is 0 Å². The number of Topliss-reactive ketones (excluding diaryl/α,β-unsaturated/α-hetero) is 1. The van der Waals surface area contributed by atoms with Crippen LogP contribution in [0.5, 0.6) is 0 Å². The highest BCUT2D eigenvalue weighted by Gasteiger charge is 2.28. The first-order valence-electron chi connectivity index (χ1n) is 5.06. The third-order valence-corrected chi connectivity index (χ3v) is 2.68. The van der Waals surface area contributed by atoms with Gasteiger partial charge in [0.25, 0.3) is 0 Å². The Hall–Kier alpha value is -2.43. The van der Waals surface area contributed by atoms with Gasteiger partial charge in [-0.05, 0) is 6.07 Å². The second-order valence-corrected chi connectivity index (χ2v) is 3.78. The van der Waals surface area contributed by atoms with Gasteiger partial charge in [0.05, 0.1) is 12.0 Å². The van der Waals surface area contributed by atoms with Crippen LogP contribution in [0.15, 0.2) is 33.5 Å². The van der Waals surface area contributed by atoms with Gasteiger partial charge in [-0.2, -0.15) is 0 Å². The Balaban J connectivity index is 2.48. The zero-order valence-corrected chi connectivity index (χ0v) is 8.65. The molecule has 3 rings (SSSR count). The van der Waals surface area contributed by atoms with E-state index in [4.69, 9.17) is 4.42 Å². The maximum Gasteiger partial charge on any atom is 0.361 e. The highest BCUT2D eigenvalue weighted by atomic mass is 16.4. The molecule has 0 atom stereocenters. The van der Waals surface area contributed by atoms with E-state index in [2.05, 4.69) is 5.32 Å². The Kier molecular flexibility index (Phi) is 1.89. The van der Waals surface area contributed by atoms with Crippen molar-refractivity contribution in [1.29, 1.82) is 0 Å². The molecule has 84 valence electrons. The molecule has 5 nitrogen and oxygen atoms in total. The van der Waals surface area contributed by atoms with Crippen LogP contribution in [-0.2, 0) is 4.79 Å². The summed E-state index contributed by atoms with van der Waals surface area (Å²) in [4.78, 5) is 34.7. The first-order valence-corrected chi connectivity index (χ1v) is 5.06. The standard InChI is InChI=1S/C12H7NO4/c14-7-5-9(15)13-11-10(7)6-3-1-2-4-8(6)17-12(11)16/h1-4H,5H2,(H,13,15). The van der Waals surface area contributed by atoms with Gasteiger partial charge in [0, 0.05) is 5.39 Å². The van der Waals surface area contributed by atoms with Crippen LogP contribution in [0.2, 0.25) is 0 Å². The van der Waals surface area contributed by atoms with Crippen molar-refractivity contribution in [2.75, 3.05) is 5.32 Å². The third kappa shape index (κ3) is 1.36. The molecule has 0 spiro atoms. The van der Waals surface area contributed by atoms with Crippen molar-refractivity contribution >= 4 is 28.3 Å². The number of ketones is 1. The number of benzene rings is 1. The SMILES string of the molecule is O=C1CC(=O)c2c(c(=O)oc3ccccc23)N1. The van der Waals surface area contributed by atoms with Crippen LogP contribution in [0.1, 0.15) is 16.8 Å². The summed E-state index contributed by atoms with van der Waals surface area (Å²) in [7, 11) is 0. The molecular formula is C12H7NO4. The summed E-state index contributed by atoms with van der Waals surface area (Å²) >= 11 is 0. The predicted octanol–water partition coefficient (Wildman–Crippen LogP) is 1.32. The van der Waals surface area contributed by atoms with Crippen molar-refractivity contribution in [2.45, 2.75) is 6.42 Å². The summed E-state index contributed by atoms with van der Waals surface area (Å²) < 4.78 is 5.03. The van der Waals surface area contributed by atoms with Gasteiger partial charge in [-0.25, -0.2) is 4.79 Å². The topological polar surface area (TPSA) is 76.4 Å². The number of amides is 1. The summed E-state index contributed by atoms with van der Waals surface area (Å²) in [6.07, 6.45) is -0.236. The van der Waals surface area contributed by atoms with E-state index in [-0.39, 0.29) is 23.5 Å². The van der Waals surface area contributed by atoms with Crippen LogP contribution in [0.3, 0.4) is 0 Å². The number of nitrogens with one attached hydrogen (secondary N) is 1. The first kappa shape index (κ1) is 9.77. The molecule has 0 unspecified atom stereocenters. The minimum Gasteiger partial charge on any atom is -0.421 e. The highest BCUT2D eigenvalue weighted by molar-refractivity contribution is 6.23. The highest BCUT2D eigenvalue weighted by Crippen LogP contribution is 2.27. The van der Waals surface area contributed by atoms with E-state index in [0.717, 1.165) is 0 Å². The number of carbonyl (C=O) groups is 2. The van der Waals surface area contributed by atoms with Gasteiger partial charge in [-0.3, -0.25) is 9.59 Å². The molecule has 5 heteroatoms.